The Morgan fingerprint density at radius 1 is 1.09 bits per heavy atom. The van der Waals surface area contributed by atoms with Crippen molar-refractivity contribution in [2.24, 2.45) is 10.8 Å². The molecule has 5 aliphatic rings. The molecule has 2 atom stereocenters. The number of aliphatic hydroxyl groups excluding tert-OH is 1. The number of aliphatic hydroxyl groups is 1. The van der Waals surface area contributed by atoms with E-state index in [-0.39, 0.29) is 46.7 Å². The number of nitriles is 1. The average molecular weight is 797 g/mol. The Kier molecular flexibility index (Phi) is 10.1. The van der Waals surface area contributed by atoms with E-state index in [4.69, 9.17) is 21.1 Å². The van der Waals surface area contributed by atoms with Gasteiger partial charge in [0.15, 0.2) is 6.23 Å². The molecule has 4 aliphatic heterocycles. The van der Waals surface area contributed by atoms with Crippen LogP contribution >= 0.6 is 11.6 Å². The number of carbonyl (C=O) groups excluding carboxylic acids is 3. The minimum absolute atomic E-state index is 0.0559. The van der Waals surface area contributed by atoms with Gasteiger partial charge < -0.3 is 40.3 Å². The number of aromatic nitrogens is 1. The quantitative estimate of drug-likeness (QED) is 0.234. The third-order valence-corrected chi connectivity index (χ3v) is 13.0. The molecular formula is C42H49ClN8O6. The van der Waals surface area contributed by atoms with E-state index in [9.17, 15) is 24.8 Å². The minimum Gasteiger partial charge on any atom is -0.489 e. The number of pyridine rings is 1. The predicted molar refractivity (Wildman–Crippen MR) is 213 cm³/mol. The average Bonchev–Trinajstić information content (AvgIpc) is 3.44. The van der Waals surface area contributed by atoms with Gasteiger partial charge in [-0.1, -0.05) is 45.4 Å². The zero-order valence-corrected chi connectivity index (χ0v) is 33.4. The first-order valence-electron chi connectivity index (χ1n) is 19.6. The van der Waals surface area contributed by atoms with Crippen LogP contribution in [-0.2, 0) is 9.53 Å². The van der Waals surface area contributed by atoms with Gasteiger partial charge in [-0.05, 0) is 42.8 Å². The number of amides is 3. The third-order valence-electron chi connectivity index (χ3n) is 12.7. The number of nitrogens with zero attached hydrogens (tertiary/aromatic N) is 5. The largest absolute Gasteiger partial charge is 0.489 e. The maximum absolute atomic E-state index is 13.6. The highest BCUT2D eigenvalue weighted by atomic mass is 35.5. The van der Waals surface area contributed by atoms with Gasteiger partial charge in [0.25, 0.3) is 11.8 Å². The van der Waals surface area contributed by atoms with Gasteiger partial charge >= 0.3 is 0 Å². The fourth-order valence-electron chi connectivity index (χ4n) is 9.93. The monoisotopic (exact) mass is 796 g/mol. The number of hydrogen-bond acceptors (Lipinski definition) is 11. The molecule has 3 saturated heterocycles. The smallest absolute Gasteiger partial charge is 0.270 e. The van der Waals surface area contributed by atoms with Crippen molar-refractivity contribution in [3.8, 4) is 11.8 Å². The molecule has 2 aromatic carbocycles. The second-order valence-electron chi connectivity index (χ2n) is 17.1. The number of fused-ring (bicyclic) bond motifs is 1. The van der Waals surface area contributed by atoms with Crippen molar-refractivity contribution in [1.82, 2.24) is 25.4 Å². The first-order chi connectivity index (χ1) is 27.2. The summed E-state index contributed by atoms with van der Waals surface area (Å²) in [5, 5.41) is 30.8. The van der Waals surface area contributed by atoms with Crippen molar-refractivity contribution < 1.29 is 29.0 Å². The lowest BCUT2D eigenvalue weighted by Gasteiger charge is -2.63. The van der Waals surface area contributed by atoms with Gasteiger partial charge in [-0.2, -0.15) is 5.26 Å². The summed E-state index contributed by atoms with van der Waals surface area (Å²) in [6.45, 7) is 13.6. The van der Waals surface area contributed by atoms with Crippen LogP contribution < -0.4 is 25.6 Å². The summed E-state index contributed by atoms with van der Waals surface area (Å²) in [6.07, 6.45) is 1.21. The van der Waals surface area contributed by atoms with Gasteiger partial charge in [0, 0.05) is 85.4 Å². The maximum atomic E-state index is 13.6. The fraction of sp³-hybridized carbons (Fsp3) is 0.500. The first-order valence-corrected chi connectivity index (χ1v) is 20.0. The summed E-state index contributed by atoms with van der Waals surface area (Å²) < 4.78 is 11.8. The molecule has 4 N–H and O–H groups in total. The van der Waals surface area contributed by atoms with Crippen molar-refractivity contribution in [2.45, 2.75) is 70.5 Å². The second-order valence-corrected chi connectivity index (χ2v) is 17.5. The normalized spacial score (nSPS) is 25.8. The molecule has 2 unspecified atom stereocenters. The van der Waals surface area contributed by atoms with E-state index < -0.39 is 11.8 Å². The van der Waals surface area contributed by atoms with Gasteiger partial charge in [-0.15, -0.1) is 0 Å². The predicted octanol–water partition coefficient (Wildman–Crippen LogP) is 3.95. The van der Waals surface area contributed by atoms with Crippen molar-refractivity contribution in [2.75, 3.05) is 62.7 Å². The van der Waals surface area contributed by atoms with E-state index in [0.29, 0.717) is 65.8 Å². The molecule has 4 fully saturated rings. The van der Waals surface area contributed by atoms with E-state index in [1.54, 1.807) is 36.5 Å². The summed E-state index contributed by atoms with van der Waals surface area (Å²) in [7, 11) is 0. The van der Waals surface area contributed by atoms with Gasteiger partial charge in [0.05, 0.1) is 41.7 Å². The lowest BCUT2D eigenvalue weighted by molar-refractivity contribution is -0.164. The van der Waals surface area contributed by atoms with Gasteiger partial charge in [-0.3, -0.25) is 19.3 Å². The zero-order valence-electron chi connectivity index (χ0n) is 32.7. The highest BCUT2D eigenvalue weighted by Gasteiger charge is 2.64. The summed E-state index contributed by atoms with van der Waals surface area (Å²) in [5.41, 5.74) is 2.05. The number of hydrogen-bond donors (Lipinski definition) is 4. The van der Waals surface area contributed by atoms with E-state index in [0.717, 1.165) is 44.1 Å². The number of rotatable bonds is 10. The first kappa shape index (κ1) is 38.9. The third kappa shape index (κ3) is 6.84. The van der Waals surface area contributed by atoms with Gasteiger partial charge in [-0.25, -0.2) is 4.98 Å². The van der Waals surface area contributed by atoms with E-state index >= 15 is 0 Å². The van der Waals surface area contributed by atoms with E-state index in [1.807, 2.05) is 18.2 Å². The van der Waals surface area contributed by atoms with Crippen LogP contribution in [-0.4, -0.2) is 114 Å². The molecule has 1 saturated carbocycles. The zero-order chi connectivity index (χ0) is 40.3. The molecule has 1 aromatic heterocycles. The number of halogens is 1. The van der Waals surface area contributed by atoms with Crippen LogP contribution in [0.2, 0.25) is 5.02 Å². The van der Waals surface area contributed by atoms with Crippen molar-refractivity contribution in [1.29, 1.82) is 5.26 Å². The van der Waals surface area contributed by atoms with Crippen molar-refractivity contribution in [3.63, 3.8) is 0 Å². The molecular weight excluding hydrogens is 748 g/mol. The Hall–Kier alpha value is -4.94. The SMILES string of the molecule is CC1(C)C(NC(=O)c2ccc(N3CCN(CCNc4cccc5c4C(O)N(C4CCC(=O)NC46COC6)C5=O)CC3)cn2)C(C)(C)C1Oc1ccc(C#N)c(Cl)c1. The van der Waals surface area contributed by atoms with Crippen LogP contribution in [0, 0.1) is 22.2 Å². The number of carbonyl (C=O) groups is 3. The van der Waals surface area contributed by atoms with Crippen molar-refractivity contribution >= 4 is 40.7 Å². The molecule has 1 spiro atoms. The Labute approximate surface area is 337 Å². The number of anilines is 2. The number of benzene rings is 2. The molecule has 3 amide bonds. The molecule has 5 heterocycles. The number of ether oxygens (including phenoxy) is 2. The molecule has 0 radical (unpaired) electrons. The van der Waals surface area contributed by atoms with Crippen molar-refractivity contribution in [3.05, 3.63) is 82.1 Å². The van der Waals surface area contributed by atoms with Gasteiger partial charge in [0.1, 0.15) is 29.2 Å². The Bertz CT molecular complexity index is 2090. The van der Waals surface area contributed by atoms with Crippen LogP contribution in [0.15, 0.2) is 54.7 Å². The van der Waals surface area contributed by atoms with Crippen LogP contribution in [0.5, 0.6) is 5.75 Å². The fourth-order valence-corrected chi connectivity index (χ4v) is 10.1. The van der Waals surface area contributed by atoms with Gasteiger partial charge in [0.2, 0.25) is 5.91 Å². The van der Waals surface area contributed by atoms with Crippen LogP contribution in [0.25, 0.3) is 0 Å². The Balaban J connectivity index is 0.815. The maximum Gasteiger partial charge on any atom is 0.270 e. The molecule has 300 valence electrons. The molecule has 3 aromatic rings. The van der Waals surface area contributed by atoms with E-state index in [2.05, 4.69) is 64.5 Å². The summed E-state index contributed by atoms with van der Waals surface area (Å²) in [5.74, 6) is 0.0575. The highest BCUT2D eigenvalue weighted by molar-refractivity contribution is 6.31. The number of nitrogens with one attached hydrogen (secondary N) is 3. The molecule has 57 heavy (non-hydrogen) atoms. The standard InChI is InChI=1S/C42H49ClN8O6/c1-40(2)38(41(3,4)39(40)57-27-10-8-25(21-44)29(43)20-27)47-35(53)31-11-9-26(22-46-31)50-18-16-49(17-19-50)15-14-45-30-7-5-6-28-34(30)37(55)51(36(28)54)32-12-13-33(52)48-42(32)23-56-24-42/h5-11,20,22,32,37-39,45,55H,12-19,23-24H2,1-4H3,(H,47,53)(H,48,52). The lowest BCUT2D eigenvalue weighted by Crippen LogP contribution is -2.74. The summed E-state index contributed by atoms with van der Waals surface area (Å²) in [4.78, 5) is 50.0. The van der Waals surface area contributed by atoms with Crippen LogP contribution in [0.4, 0.5) is 11.4 Å². The molecule has 8 rings (SSSR count). The summed E-state index contributed by atoms with van der Waals surface area (Å²) in [6, 6.07) is 15.8. The van der Waals surface area contributed by atoms with Crippen LogP contribution in [0.3, 0.4) is 0 Å². The molecule has 14 nitrogen and oxygen atoms in total. The van der Waals surface area contributed by atoms with E-state index in [1.165, 1.54) is 4.90 Å². The highest BCUT2D eigenvalue weighted by Crippen LogP contribution is 2.55. The molecule has 15 heteroatoms. The lowest BCUT2D eigenvalue weighted by atomic mass is 9.49. The Morgan fingerprint density at radius 2 is 1.84 bits per heavy atom. The Morgan fingerprint density at radius 3 is 2.49 bits per heavy atom. The molecule has 1 aliphatic carbocycles. The second kappa shape index (κ2) is 14.8. The molecule has 0 bridgehead atoms. The topological polar surface area (TPSA) is 172 Å². The summed E-state index contributed by atoms with van der Waals surface area (Å²) >= 11 is 6.24. The minimum atomic E-state index is -1.12. The van der Waals surface area contributed by atoms with Crippen LogP contribution in [0.1, 0.15) is 78.7 Å². The number of piperidine rings is 1. The number of piperazine rings is 1.